The molecule has 1 fully saturated rings. The van der Waals surface area contributed by atoms with E-state index in [2.05, 4.69) is 0 Å². The van der Waals surface area contributed by atoms with Gasteiger partial charge in [-0.1, -0.05) is 42.5 Å². The minimum absolute atomic E-state index is 0.0279. The van der Waals surface area contributed by atoms with E-state index in [4.69, 9.17) is 9.47 Å². The zero-order valence-electron chi connectivity index (χ0n) is 24.0. The van der Waals surface area contributed by atoms with Crippen molar-refractivity contribution in [2.24, 2.45) is 5.92 Å². The van der Waals surface area contributed by atoms with E-state index in [1.54, 1.807) is 49.6 Å². The predicted molar refractivity (Wildman–Crippen MR) is 158 cm³/mol. The number of nitrogens with zero attached hydrogens (tertiary/aromatic N) is 1. The Morgan fingerprint density at radius 1 is 0.925 bits per heavy atom. The Kier molecular flexibility index (Phi) is 9.04. The lowest BCUT2D eigenvalue weighted by atomic mass is 9.82. The summed E-state index contributed by atoms with van der Waals surface area (Å²) >= 11 is 1.63. The van der Waals surface area contributed by atoms with Crippen molar-refractivity contribution in [1.29, 1.82) is 0 Å². The third kappa shape index (κ3) is 6.25. The quantitative estimate of drug-likeness (QED) is 0.170. The highest BCUT2D eigenvalue weighted by molar-refractivity contribution is 7.98. The molecular formula is C33H37NO5S. The minimum Gasteiger partial charge on any atom is -0.476 e. The number of carbonyl (C=O) groups is 3. The van der Waals surface area contributed by atoms with Crippen LogP contribution in [0.15, 0.2) is 71.6 Å². The number of rotatable bonds is 9. The van der Waals surface area contributed by atoms with Crippen molar-refractivity contribution >= 4 is 29.4 Å². The molecule has 3 aromatic carbocycles. The van der Waals surface area contributed by atoms with Gasteiger partial charge in [-0.15, -0.1) is 11.8 Å². The van der Waals surface area contributed by atoms with E-state index < -0.39 is 17.5 Å². The van der Waals surface area contributed by atoms with E-state index in [0.717, 1.165) is 21.6 Å². The molecule has 0 spiro atoms. The summed E-state index contributed by atoms with van der Waals surface area (Å²) in [4.78, 5) is 42.6. The second kappa shape index (κ2) is 12.3. The Morgan fingerprint density at radius 3 is 2.12 bits per heavy atom. The molecule has 1 saturated heterocycles. The first kappa shape index (κ1) is 29.4. The second-order valence-corrected chi connectivity index (χ2v) is 11.6. The van der Waals surface area contributed by atoms with Gasteiger partial charge < -0.3 is 14.4 Å². The van der Waals surface area contributed by atoms with Crippen LogP contribution >= 0.6 is 11.8 Å². The van der Waals surface area contributed by atoms with Gasteiger partial charge in [0.1, 0.15) is 5.75 Å². The van der Waals surface area contributed by atoms with Crippen molar-refractivity contribution in [3.63, 3.8) is 0 Å². The summed E-state index contributed by atoms with van der Waals surface area (Å²) in [5.41, 5.74) is 2.79. The first-order valence-corrected chi connectivity index (χ1v) is 14.8. The molecule has 1 amide bonds. The van der Waals surface area contributed by atoms with Gasteiger partial charge in [0.15, 0.2) is 11.4 Å². The number of Topliss-reactive ketones (excluding diaryl/α,β-unsaturated/α-hetero) is 1. The second-order valence-electron chi connectivity index (χ2n) is 10.7. The molecule has 0 bridgehead atoms. The summed E-state index contributed by atoms with van der Waals surface area (Å²) in [5.74, 6) is -0.447. The van der Waals surface area contributed by atoms with Gasteiger partial charge in [0, 0.05) is 40.9 Å². The van der Waals surface area contributed by atoms with E-state index in [0.29, 0.717) is 30.0 Å². The van der Waals surface area contributed by atoms with E-state index >= 15 is 0 Å². The molecule has 2 atom stereocenters. The molecule has 7 heteroatoms. The Bertz CT molecular complexity index is 1360. The average Bonchev–Trinajstić information content (AvgIpc) is 3.40. The van der Waals surface area contributed by atoms with Crippen LogP contribution in [0.25, 0.3) is 0 Å². The standard InChI is InChI=1S/C33H37NO5S/c1-7-38-32(37)33(4,5)39-30-21(2)17-25(18-22(30)3)27-19-34(31(36)24-11-9-8-10-12-24)20-28(27)29(35)23-13-15-26(40-6)16-14-23/h8-18,27-28H,7,19-20H2,1-6H3/t27-,28?/m1/s1. The van der Waals surface area contributed by atoms with Crippen LogP contribution in [0.3, 0.4) is 0 Å². The fourth-order valence-corrected chi connectivity index (χ4v) is 5.67. The molecule has 1 aliphatic rings. The molecule has 210 valence electrons. The molecule has 1 heterocycles. The normalized spacial score (nSPS) is 17.0. The number of ether oxygens (including phenoxy) is 2. The average molecular weight is 560 g/mol. The number of carbonyl (C=O) groups excluding carboxylic acids is 3. The number of likely N-dealkylation sites (tertiary alicyclic amines) is 1. The van der Waals surface area contributed by atoms with Crippen LogP contribution in [-0.4, -0.2) is 54.1 Å². The summed E-state index contributed by atoms with van der Waals surface area (Å²) < 4.78 is 11.4. The van der Waals surface area contributed by atoms with Crippen LogP contribution in [0.4, 0.5) is 0 Å². The lowest BCUT2D eigenvalue weighted by molar-refractivity contribution is -0.158. The van der Waals surface area contributed by atoms with E-state index in [-0.39, 0.29) is 24.2 Å². The number of aryl methyl sites for hydroxylation is 2. The first-order valence-electron chi connectivity index (χ1n) is 13.6. The van der Waals surface area contributed by atoms with Gasteiger partial charge in [-0.05, 0) is 81.8 Å². The number of benzene rings is 3. The first-order chi connectivity index (χ1) is 19.1. The summed E-state index contributed by atoms with van der Waals surface area (Å²) in [6.07, 6.45) is 2.00. The summed E-state index contributed by atoms with van der Waals surface area (Å²) in [6, 6.07) is 20.9. The highest BCUT2D eigenvalue weighted by atomic mass is 32.2. The van der Waals surface area contributed by atoms with Crippen molar-refractivity contribution < 1.29 is 23.9 Å². The maximum Gasteiger partial charge on any atom is 0.349 e. The van der Waals surface area contributed by atoms with Crippen molar-refractivity contribution in [3.8, 4) is 5.75 Å². The molecule has 0 N–H and O–H groups in total. The van der Waals surface area contributed by atoms with Gasteiger partial charge in [-0.25, -0.2) is 4.79 Å². The third-order valence-corrected chi connectivity index (χ3v) is 8.12. The van der Waals surface area contributed by atoms with Gasteiger partial charge in [-0.2, -0.15) is 0 Å². The zero-order chi connectivity index (χ0) is 29.0. The van der Waals surface area contributed by atoms with Crippen molar-refractivity contribution in [2.45, 2.75) is 51.0 Å². The van der Waals surface area contributed by atoms with E-state index in [1.807, 2.05) is 74.7 Å². The molecule has 0 saturated carbocycles. The van der Waals surface area contributed by atoms with Crippen LogP contribution in [0.5, 0.6) is 5.75 Å². The topological polar surface area (TPSA) is 72.9 Å². The number of ketones is 1. The third-order valence-electron chi connectivity index (χ3n) is 7.37. The monoisotopic (exact) mass is 559 g/mol. The SMILES string of the molecule is CCOC(=O)C(C)(C)Oc1c(C)cc([C@H]2CN(C(=O)c3ccccc3)CC2C(=O)c2ccc(SC)cc2)cc1C. The fraction of sp³-hybridized carbons (Fsp3) is 0.364. The number of amides is 1. The lowest BCUT2D eigenvalue weighted by Gasteiger charge is -2.27. The van der Waals surface area contributed by atoms with Crippen LogP contribution in [0.2, 0.25) is 0 Å². The van der Waals surface area contributed by atoms with Crippen molar-refractivity contribution in [1.82, 2.24) is 4.90 Å². The lowest BCUT2D eigenvalue weighted by Crippen LogP contribution is -2.40. The van der Waals surface area contributed by atoms with Crippen LogP contribution in [0, 0.1) is 19.8 Å². The predicted octanol–water partition coefficient (Wildman–Crippen LogP) is 6.48. The summed E-state index contributed by atoms with van der Waals surface area (Å²) in [5, 5.41) is 0. The maximum atomic E-state index is 13.9. The number of esters is 1. The van der Waals surface area contributed by atoms with Gasteiger partial charge >= 0.3 is 5.97 Å². The minimum atomic E-state index is -1.15. The Balaban J connectivity index is 1.68. The van der Waals surface area contributed by atoms with Gasteiger partial charge in [0.2, 0.25) is 0 Å². The van der Waals surface area contributed by atoms with Crippen molar-refractivity contribution in [2.75, 3.05) is 26.0 Å². The van der Waals surface area contributed by atoms with Gasteiger partial charge in [0.05, 0.1) is 6.61 Å². The molecule has 1 aliphatic heterocycles. The highest BCUT2D eigenvalue weighted by Gasteiger charge is 2.41. The van der Waals surface area contributed by atoms with E-state index in [9.17, 15) is 14.4 Å². The summed E-state index contributed by atoms with van der Waals surface area (Å²) in [6.45, 7) is 10.1. The van der Waals surface area contributed by atoms with Gasteiger partial charge in [-0.3, -0.25) is 9.59 Å². The molecule has 0 aliphatic carbocycles. The number of thioether (sulfide) groups is 1. The Labute approximate surface area is 241 Å². The molecule has 4 rings (SSSR count). The van der Waals surface area contributed by atoms with Crippen LogP contribution in [0.1, 0.15) is 64.1 Å². The molecular weight excluding hydrogens is 522 g/mol. The molecule has 1 unspecified atom stereocenters. The van der Waals surface area contributed by atoms with Crippen LogP contribution < -0.4 is 4.74 Å². The largest absolute Gasteiger partial charge is 0.476 e. The number of hydrogen-bond donors (Lipinski definition) is 0. The molecule has 0 aromatic heterocycles. The molecule has 40 heavy (non-hydrogen) atoms. The van der Waals surface area contributed by atoms with E-state index in [1.165, 1.54) is 0 Å². The smallest absolute Gasteiger partial charge is 0.349 e. The van der Waals surface area contributed by atoms with Gasteiger partial charge in [0.25, 0.3) is 5.91 Å². The Morgan fingerprint density at radius 2 is 1.55 bits per heavy atom. The van der Waals surface area contributed by atoms with Crippen LogP contribution in [-0.2, 0) is 9.53 Å². The van der Waals surface area contributed by atoms with Crippen molar-refractivity contribution in [3.05, 3.63) is 94.5 Å². The Hall–Kier alpha value is -3.58. The number of hydrogen-bond acceptors (Lipinski definition) is 6. The maximum absolute atomic E-state index is 13.9. The zero-order valence-corrected chi connectivity index (χ0v) is 24.8. The fourth-order valence-electron chi connectivity index (χ4n) is 5.27. The molecule has 3 aromatic rings. The highest BCUT2D eigenvalue weighted by Crippen LogP contribution is 2.39. The molecule has 0 radical (unpaired) electrons. The summed E-state index contributed by atoms with van der Waals surface area (Å²) in [7, 11) is 0. The molecule has 6 nitrogen and oxygen atoms in total.